The molecule has 0 aliphatic rings. The van der Waals surface area contributed by atoms with Crippen molar-refractivity contribution in [2.24, 2.45) is 7.05 Å². The molecule has 0 aliphatic heterocycles. The van der Waals surface area contributed by atoms with E-state index in [4.69, 9.17) is 15.4 Å². The zero-order valence-electron chi connectivity index (χ0n) is 11.1. The first-order valence-corrected chi connectivity index (χ1v) is 7.93. The van der Waals surface area contributed by atoms with Crippen LogP contribution in [-0.4, -0.2) is 51.1 Å². The normalized spacial score (nSPS) is 11.6. The number of hydrogen-bond acceptors (Lipinski definition) is 4. The largest absolute Gasteiger partial charge is 0.385 e. The van der Waals surface area contributed by atoms with E-state index in [1.165, 1.54) is 21.7 Å². The minimum atomic E-state index is -3.82. The highest BCUT2D eigenvalue weighted by molar-refractivity contribution is 8.13. The molecule has 1 heterocycles. The maximum atomic E-state index is 12.1. The van der Waals surface area contributed by atoms with Crippen LogP contribution in [0.2, 0.25) is 0 Å². The van der Waals surface area contributed by atoms with Crippen molar-refractivity contribution in [1.82, 2.24) is 9.47 Å². The van der Waals surface area contributed by atoms with E-state index in [2.05, 4.69) is 0 Å². The molecule has 0 atom stereocenters. The predicted octanol–water partition coefficient (Wildman–Crippen LogP) is 1.06. The van der Waals surface area contributed by atoms with Crippen LogP contribution in [0.5, 0.6) is 0 Å². The Kier molecular flexibility index (Phi) is 5.39. The number of aryl methyl sites for hydroxylation is 1. The highest BCUT2D eigenvalue weighted by Gasteiger charge is 2.20. The van der Waals surface area contributed by atoms with Gasteiger partial charge in [-0.05, 0) is 12.5 Å². The highest BCUT2D eigenvalue weighted by Crippen LogP contribution is 2.18. The lowest BCUT2D eigenvalue weighted by atomic mass is 10.3. The van der Waals surface area contributed by atoms with Crippen molar-refractivity contribution < 1.29 is 17.9 Å². The summed E-state index contributed by atoms with van der Waals surface area (Å²) >= 11 is 0. The lowest BCUT2D eigenvalue weighted by molar-refractivity contribution is 0.0770. The zero-order valence-corrected chi connectivity index (χ0v) is 12.7. The summed E-state index contributed by atoms with van der Waals surface area (Å²) in [5.74, 6) is -0.259. The van der Waals surface area contributed by atoms with Gasteiger partial charge in [0.1, 0.15) is 10.6 Å². The number of halogens is 1. The molecule has 0 saturated heterocycles. The van der Waals surface area contributed by atoms with E-state index in [0.29, 0.717) is 19.6 Å². The van der Waals surface area contributed by atoms with E-state index >= 15 is 0 Å². The second-order valence-corrected chi connectivity index (χ2v) is 6.75. The van der Waals surface area contributed by atoms with Crippen LogP contribution in [0.1, 0.15) is 16.9 Å². The SMILES string of the molecule is COCCCN(C)C(=O)c1cc(S(=O)(=O)Cl)cn1C. The summed E-state index contributed by atoms with van der Waals surface area (Å²) in [5, 5.41) is 0. The Bertz CT molecular complexity index is 553. The Morgan fingerprint density at radius 2 is 2.16 bits per heavy atom. The molecule has 1 rings (SSSR count). The molecule has 0 spiro atoms. The van der Waals surface area contributed by atoms with Crippen LogP contribution in [0.15, 0.2) is 17.2 Å². The number of carbonyl (C=O) groups excluding carboxylic acids is 1. The van der Waals surface area contributed by atoms with Gasteiger partial charge in [-0.2, -0.15) is 0 Å². The van der Waals surface area contributed by atoms with Gasteiger partial charge >= 0.3 is 0 Å². The molecule has 0 N–H and O–H groups in total. The molecule has 0 aliphatic carbocycles. The lowest BCUT2D eigenvalue weighted by Gasteiger charge is -2.17. The van der Waals surface area contributed by atoms with Gasteiger partial charge < -0.3 is 14.2 Å². The van der Waals surface area contributed by atoms with Crippen molar-refractivity contribution in [1.29, 1.82) is 0 Å². The van der Waals surface area contributed by atoms with E-state index in [-0.39, 0.29) is 16.5 Å². The fourth-order valence-electron chi connectivity index (χ4n) is 1.62. The van der Waals surface area contributed by atoms with Gasteiger partial charge in [0.25, 0.3) is 15.0 Å². The van der Waals surface area contributed by atoms with Crippen molar-refractivity contribution in [3.8, 4) is 0 Å². The minimum Gasteiger partial charge on any atom is -0.385 e. The molecule has 0 radical (unpaired) electrons. The molecule has 1 amide bonds. The van der Waals surface area contributed by atoms with E-state index in [1.54, 1.807) is 21.2 Å². The van der Waals surface area contributed by atoms with Crippen LogP contribution in [0.3, 0.4) is 0 Å². The number of aromatic nitrogens is 1. The Labute approximate surface area is 117 Å². The first-order valence-electron chi connectivity index (χ1n) is 5.62. The van der Waals surface area contributed by atoms with Crippen molar-refractivity contribution in [3.05, 3.63) is 18.0 Å². The maximum Gasteiger partial charge on any atom is 0.270 e. The van der Waals surface area contributed by atoms with E-state index in [0.717, 1.165) is 0 Å². The number of rotatable bonds is 6. The molecule has 0 aromatic carbocycles. The second kappa shape index (κ2) is 6.40. The quantitative estimate of drug-likeness (QED) is 0.582. The minimum absolute atomic E-state index is 0.0784. The molecule has 0 bridgehead atoms. The summed E-state index contributed by atoms with van der Waals surface area (Å²) in [7, 11) is 6.27. The van der Waals surface area contributed by atoms with E-state index in [1.807, 2.05) is 0 Å². The molecule has 1 aromatic rings. The van der Waals surface area contributed by atoms with Crippen LogP contribution in [0.25, 0.3) is 0 Å². The zero-order chi connectivity index (χ0) is 14.6. The smallest absolute Gasteiger partial charge is 0.270 e. The van der Waals surface area contributed by atoms with Gasteiger partial charge in [-0.1, -0.05) is 0 Å². The average molecular weight is 309 g/mol. The Balaban J connectivity index is 2.85. The number of carbonyl (C=O) groups is 1. The molecule has 8 heteroatoms. The predicted molar refractivity (Wildman–Crippen MR) is 71.9 cm³/mol. The summed E-state index contributed by atoms with van der Waals surface area (Å²) in [5.41, 5.74) is 0.277. The van der Waals surface area contributed by atoms with Gasteiger partial charge in [-0.3, -0.25) is 4.79 Å². The van der Waals surface area contributed by atoms with Crippen LogP contribution in [-0.2, 0) is 20.8 Å². The first kappa shape index (κ1) is 16.0. The molecular formula is C11H17ClN2O4S. The van der Waals surface area contributed by atoms with Crippen molar-refractivity contribution in [3.63, 3.8) is 0 Å². The van der Waals surface area contributed by atoms with Crippen molar-refractivity contribution in [2.45, 2.75) is 11.3 Å². The molecule has 19 heavy (non-hydrogen) atoms. The van der Waals surface area contributed by atoms with Gasteiger partial charge in [-0.25, -0.2) is 8.42 Å². The van der Waals surface area contributed by atoms with Crippen LogP contribution in [0.4, 0.5) is 0 Å². The number of methoxy groups -OCH3 is 1. The maximum absolute atomic E-state index is 12.1. The van der Waals surface area contributed by atoms with Gasteiger partial charge in [0.05, 0.1) is 0 Å². The Morgan fingerprint density at radius 3 is 2.63 bits per heavy atom. The highest BCUT2D eigenvalue weighted by atomic mass is 35.7. The topological polar surface area (TPSA) is 68.6 Å². The van der Waals surface area contributed by atoms with Crippen molar-refractivity contribution >= 4 is 25.6 Å². The van der Waals surface area contributed by atoms with E-state index in [9.17, 15) is 13.2 Å². The third kappa shape index (κ3) is 4.22. The monoisotopic (exact) mass is 308 g/mol. The average Bonchev–Trinajstić information content (AvgIpc) is 2.70. The summed E-state index contributed by atoms with van der Waals surface area (Å²) < 4.78 is 28.8. The van der Waals surface area contributed by atoms with Crippen LogP contribution < -0.4 is 0 Å². The molecule has 1 aromatic heterocycles. The summed E-state index contributed by atoms with van der Waals surface area (Å²) in [6.45, 7) is 1.09. The van der Waals surface area contributed by atoms with Gasteiger partial charge in [-0.15, -0.1) is 0 Å². The molecular weight excluding hydrogens is 292 g/mol. The molecule has 6 nitrogen and oxygen atoms in total. The summed E-state index contributed by atoms with van der Waals surface area (Å²) in [6.07, 6.45) is 2.03. The molecule has 0 unspecified atom stereocenters. The molecule has 0 fully saturated rings. The second-order valence-electron chi connectivity index (χ2n) is 4.18. The fraction of sp³-hybridized carbons (Fsp3) is 0.545. The lowest BCUT2D eigenvalue weighted by Crippen LogP contribution is -2.29. The van der Waals surface area contributed by atoms with Gasteiger partial charge in [0, 0.05) is 51.2 Å². The Hall–Kier alpha value is -1.05. The van der Waals surface area contributed by atoms with Gasteiger partial charge in [0.15, 0.2) is 0 Å². The van der Waals surface area contributed by atoms with Crippen molar-refractivity contribution in [2.75, 3.05) is 27.3 Å². The number of ether oxygens (including phenoxy) is 1. The standard InChI is InChI=1S/C11H17ClN2O4S/c1-13(5-4-6-18-3)11(15)10-7-9(8-14(10)2)19(12,16)17/h7-8H,4-6H2,1-3H3. The number of nitrogens with zero attached hydrogens (tertiary/aromatic N) is 2. The molecule has 108 valence electrons. The number of hydrogen-bond donors (Lipinski definition) is 0. The van der Waals surface area contributed by atoms with Crippen LogP contribution >= 0.6 is 10.7 Å². The number of amides is 1. The van der Waals surface area contributed by atoms with Gasteiger partial charge in [0.2, 0.25) is 0 Å². The first-order chi connectivity index (χ1) is 8.77. The molecule has 0 saturated carbocycles. The summed E-state index contributed by atoms with van der Waals surface area (Å²) in [6, 6.07) is 1.28. The van der Waals surface area contributed by atoms with Crippen LogP contribution in [0, 0.1) is 0 Å². The Morgan fingerprint density at radius 1 is 1.53 bits per heavy atom. The third-order valence-corrected chi connectivity index (χ3v) is 3.99. The summed E-state index contributed by atoms with van der Waals surface area (Å²) in [4.78, 5) is 13.6. The third-order valence-electron chi connectivity index (χ3n) is 2.67. The van der Waals surface area contributed by atoms with E-state index < -0.39 is 9.05 Å². The fourth-order valence-corrected chi connectivity index (χ4v) is 2.41.